The molecule has 0 aromatic rings. The van der Waals surface area contributed by atoms with Crippen molar-refractivity contribution in [3.8, 4) is 0 Å². The van der Waals surface area contributed by atoms with E-state index in [2.05, 4.69) is 26.8 Å². The monoisotopic (exact) mass is 295 g/mol. The largest absolute Gasteiger partial charge is 0.402 e. The third-order valence-corrected chi connectivity index (χ3v) is 4.57. The Balaban J connectivity index is 3.32. The predicted octanol–water partition coefficient (Wildman–Crippen LogP) is 6.97. The van der Waals surface area contributed by atoms with Crippen molar-refractivity contribution in [2.24, 2.45) is 11.7 Å². The minimum absolute atomic E-state index is 0.910. The van der Waals surface area contributed by atoms with E-state index < -0.39 is 0 Å². The van der Waals surface area contributed by atoms with Crippen molar-refractivity contribution in [1.82, 2.24) is 0 Å². The summed E-state index contributed by atoms with van der Waals surface area (Å²) in [6.45, 7) is 6.93. The highest BCUT2D eigenvalue weighted by molar-refractivity contribution is 4.95. The lowest BCUT2D eigenvalue weighted by Crippen LogP contribution is -1.97. The molecule has 0 rings (SSSR count). The first kappa shape index (κ1) is 20.5. The Kier molecular flexibility index (Phi) is 15.6. The number of hydrogen-bond acceptors (Lipinski definition) is 1. The van der Waals surface area contributed by atoms with Crippen molar-refractivity contribution >= 4 is 0 Å². The Labute approximate surface area is 134 Å². The van der Waals surface area contributed by atoms with Gasteiger partial charge in [0.15, 0.2) is 0 Å². The molecule has 0 aromatic carbocycles. The topological polar surface area (TPSA) is 26.0 Å². The molecular formula is C20H41N. The zero-order chi connectivity index (χ0) is 15.8. The van der Waals surface area contributed by atoms with Crippen LogP contribution < -0.4 is 5.73 Å². The van der Waals surface area contributed by atoms with Crippen LogP contribution >= 0.6 is 0 Å². The van der Waals surface area contributed by atoms with Crippen molar-refractivity contribution in [2.45, 2.75) is 111 Å². The van der Waals surface area contributed by atoms with Crippen LogP contribution in [0.25, 0.3) is 0 Å². The van der Waals surface area contributed by atoms with E-state index in [9.17, 15) is 0 Å². The van der Waals surface area contributed by atoms with Gasteiger partial charge in [-0.1, -0.05) is 91.1 Å². The number of rotatable bonds is 15. The van der Waals surface area contributed by atoms with Crippen molar-refractivity contribution in [1.29, 1.82) is 0 Å². The molecule has 0 aromatic heterocycles. The van der Waals surface area contributed by atoms with Crippen LogP contribution in [0.2, 0.25) is 0 Å². The van der Waals surface area contributed by atoms with Crippen LogP contribution in [0, 0.1) is 5.92 Å². The molecule has 0 heterocycles. The second-order valence-electron chi connectivity index (χ2n) is 6.80. The molecule has 0 radical (unpaired) electrons. The van der Waals surface area contributed by atoms with Gasteiger partial charge >= 0.3 is 0 Å². The minimum atomic E-state index is 0.910. The molecular weight excluding hydrogens is 254 g/mol. The average Bonchev–Trinajstić information content (AvgIpc) is 2.49. The van der Waals surface area contributed by atoms with Crippen LogP contribution in [0.4, 0.5) is 0 Å². The predicted molar refractivity (Wildman–Crippen MR) is 97.4 cm³/mol. The molecule has 0 bridgehead atoms. The average molecular weight is 296 g/mol. The summed E-state index contributed by atoms with van der Waals surface area (Å²) in [6, 6.07) is 0. The molecule has 0 aliphatic rings. The second-order valence-corrected chi connectivity index (χ2v) is 6.80. The fourth-order valence-electron chi connectivity index (χ4n) is 2.69. The van der Waals surface area contributed by atoms with E-state index in [0.29, 0.717) is 0 Å². The van der Waals surface area contributed by atoms with Gasteiger partial charge in [-0.2, -0.15) is 0 Å². The Morgan fingerprint density at radius 2 is 1.48 bits per heavy atom. The van der Waals surface area contributed by atoms with Crippen molar-refractivity contribution in [2.75, 3.05) is 0 Å². The lowest BCUT2D eigenvalue weighted by atomic mass is 10.00. The van der Waals surface area contributed by atoms with E-state index in [1.165, 1.54) is 83.5 Å². The van der Waals surface area contributed by atoms with Gasteiger partial charge in [-0.05, 0) is 31.6 Å². The van der Waals surface area contributed by atoms with E-state index in [4.69, 9.17) is 5.73 Å². The van der Waals surface area contributed by atoms with E-state index in [0.717, 1.165) is 18.0 Å². The fourth-order valence-corrected chi connectivity index (χ4v) is 2.69. The first-order chi connectivity index (χ1) is 10.2. The molecule has 1 nitrogen and oxygen atoms in total. The summed E-state index contributed by atoms with van der Waals surface area (Å²) in [4.78, 5) is 0. The van der Waals surface area contributed by atoms with E-state index in [1.54, 1.807) is 0 Å². The minimum Gasteiger partial charge on any atom is -0.402 e. The molecule has 126 valence electrons. The molecule has 0 saturated carbocycles. The summed E-state index contributed by atoms with van der Waals surface area (Å²) in [5.41, 5.74) is 7.21. The van der Waals surface area contributed by atoms with Crippen LogP contribution in [0.1, 0.15) is 111 Å². The molecule has 1 heteroatoms. The summed E-state index contributed by atoms with van der Waals surface area (Å²) in [5, 5.41) is 0. The molecule has 2 N–H and O–H groups in total. The van der Waals surface area contributed by atoms with Gasteiger partial charge in [-0.15, -0.1) is 0 Å². The maximum absolute atomic E-state index is 6.08. The number of unbranched alkanes of at least 4 members (excludes halogenated alkanes) is 9. The third-order valence-electron chi connectivity index (χ3n) is 4.57. The van der Waals surface area contributed by atoms with Crippen molar-refractivity contribution in [3.63, 3.8) is 0 Å². The highest BCUT2D eigenvalue weighted by Crippen LogP contribution is 2.15. The molecule has 0 fully saturated rings. The van der Waals surface area contributed by atoms with Gasteiger partial charge in [0.1, 0.15) is 0 Å². The maximum Gasteiger partial charge on any atom is 0.00399 e. The van der Waals surface area contributed by atoms with Crippen LogP contribution in [0.5, 0.6) is 0 Å². The van der Waals surface area contributed by atoms with Crippen molar-refractivity contribution < 1.29 is 0 Å². The number of allylic oxidation sites excluding steroid dienone is 2. The van der Waals surface area contributed by atoms with Gasteiger partial charge in [0.2, 0.25) is 0 Å². The number of nitrogens with two attached hydrogens (primary N) is 1. The molecule has 0 aliphatic carbocycles. The molecule has 0 saturated heterocycles. The quantitative estimate of drug-likeness (QED) is 0.324. The molecule has 0 amide bonds. The van der Waals surface area contributed by atoms with Gasteiger partial charge in [0.25, 0.3) is 0 Å². The second kappa shape index (κ2) is 15.9. The zero-order valence-electron chi connectivity index (χ0n) is 15.1. The van der Waals surface area contributed by atoms with E-state index in [1.807, 2.05) is 0 Å². The summed E-state index contributed by atoms with van der Waals surface area (Å²) in [5.74, 6) is 0.910. The smallest absolute Gasteiger partial charge is 0.00399 e. The summed E-state index contributed by atoms with van der Waals surface area (Å²) in [6.07, 6.45) is 21.0. The first-order valence-corrected chi connectivity index (χ1v) is 9.65. The summed E-state index contributed by atoms with van der Waals surface area (Å²) >= 11 is 0. The normalized spacial score (nSPS) is 13.6. The van der Waals surface area contributed by atoms with Gasteiger partial charge in [0, 0.05) is 5.70 Å². The van der Waals surface area contributed by atoms with E-state index in [-0.39, 0.29) is 0 Å². The Bertz CT molecular complexity index is 232. The van der Waals surface area contributed by atoms with Gasteiger partial charge in [-0.3, -0.25) is 0 Å². The Morgan fingerprint density at radius 1 is 0.857 bits per heavy atom. The molecule has 0 aliphatic heterocycles. The standard InChI is InChI=1S/C20H41N/c1-4-6-7-8-9-10-14-17-20(21)18-15-12-11-13-16-19(3)5-2/h17,19H,4-16,18,21H2,1-3H3/b20-17+. The van der Waals surface area contributed by atoms with Gasteiger partial charge in [0.05, 0.1) is 0 Å². The van der Waals surface area contributed by atoms with Crippen molar-refractivity contribution in [3.05, 3.63) is 11.8 Å². The Hall–Kier alpha value is -0.460. The van der Waals surface area contributed by atoms with Gasteiger partial charge in [-0.25, -0.2) is 0 Å². The highest BCUT2D eigenvalue weighted by Gasteiger charge is 1.98. The van der Waals surface area contributed by atoms with E-state index >= 15 is 0 Å². The van der Waals surface area contributed by atoms with Crippen LogP contribution in [-0.4, -0.2) is 0 Å². The number of hydrogen-bond donors (Lipinski definition) is 1. The Morgan fingerprint density at radius 3 is 2.19 bits per heavy atom. The third kappa shape index (κ3) is 15.7. The SMILES string of the molecule is CCCCCCCC/C=C(/N)CCCCCCC(C)CC. The highest BCUT2D eigenvalue weighted by atomic mass is 14.6. The van der Waals surface area contributed by atoms with Crippen LogP contribution in [-0.2, 0) is 0 Å². The molecule has 1 atom stereocenters. The molecule has 1 unspecified atom stereocenters. The lowest BCUT2D eigenvalue weighted by Gasteiger charge is -2.07. The molecule has 0 spiro atoms. The first-order valence-electron chi connectivity index (χ1n) is 9.65. The van der Waals surface area contributed by atoms with Gasteiger partial charge < -0.3 is 5.73 Å². The van der Waals surface area contributed by atoms with Crippen LogP contribution in [0.3, 0.4) is 0 Å². The molecule has 21 heavy (non-hydrogen) atoms. The lowest BCUT2D eigenvalue weighted by molar-refractivity contribution is 0.474. The fraction of sp³-hybridized carbons (Fsp3) is 0.900. The van der Waals surface area contributed by atoms with Crippen LogP contribution in [0.15, 0.2) is 11.8 Å². The maximum atomic E-state index is 6.08. The summed E-state index contributed by atoms with van der Waals surface area (Å²) in [7, 11) is 0. The zero-order valence-corrected chi connectivity index (χ0v) is 15.1. The summed E-state index contributed by atoms with van der Waals surface area (Å²) < 4.78 is 0.